The highest BCUT2D eigenvalue weighted by atomic mass is 79.9. The smallest absolute Gasteiger partial charge is 0.410 e. The van der Waals surface area contributed by atoms with E-state index in [0.29, 0.717) is 4.47 Å². The third-order valence-corrected chi connectivity index (χ3v) is 4.14. The summed E-state index contributed by atoms with van der Waals surface area (Å²) in [6.45, 7) is 7.25. The summed E-state index contributed by atoms with van der Waals surface area (Å²) in [6.07, 6.45) is -0.569. The Hall–Kier alpha value is -2.16. The molecule has 0 bridgehead atoms. The van der Waals surface area contributed by atoms with Gasteiger partial charge in [0, 0.05) is 13.1 Å². The Morgan fingerprint density at radius 1 is 1.32 bits per heavy atom. The maximum Gasteiger partial charge on any atom is 0.410 e. The van der Waals surface area contributed by atoms with Crippen LogP contribution in [0.25, 0.3) is 0 Å². The van der Waals surface area contributed by atoms with E-state index in [9.17, 15) is 19.7 Å². The van der Waals surface area contributed by atoms with Gasteiger partial charge < -0.3 is 9.64 Å². The molecule has 0 N–H and O–H groups in total. The van der Waals surface area contributed by atoms with Crippen LogP contribution in [0.2, 0.25) is 0 Å². The molecule has 25 heavy (non-hydrogen) atoms. The van der Waals surface area contributed by atoms with Gasteiger partial charge in [0.2, 0.25) is 5.91 Å². The molecule has 1 heterocycles. The summed E-state index contributed by atoms with van der Waals surface area (Å²) in [5.41, 5.74) is 0.197. The summed E-state index contributed by atoms with van der Waals surface area (Å²) in [5.74, 6) is -0.391. The Morgan fingerprint density at radius 2 is 1.96 bits per heavy atom. The van der Waals surface area contributed by atoms with Crippen LogP contribution < -0.4 is 4.90 Å². The number of carbonyl (C=O) groups excluding carboxylic acids is 2. The van der Waals surface area contributed by atoms with Crippen molar-refractivity contribution in [1.29, 1.82) is 0 Å². The van der Waals surface area contributed by atoms with E-state index in [1.54, 1.807) is 39.8 Å². The molecular weight excluding hydrogens is 394 g/mol. The maximum atomic E-state index is 12.5. The molecule has 9 heteroatoms. The second-order valence-electron chi connectivity index (χ2n) is 6.82. The zero-order valence-corrected chi connectivity index (χ0v) is 16.1. The van der Waals surface area contributed by atoms with Crippen LogP contribution in [-0.4, -0.2) is 47.1 Å². The van der Waals surface area contributed by atoms with Crippen molar-refractivity contribution in [3.63, 3.8) is 0 Å². The summed E-state index contributed by atoms with van der Waals surface area (Å²) in [7, 11) is 0. The van der Waals surface area contributed by atoms with Crippen LogP contribution in [0.5, 0.6) is 0 Å². The number of ether oxygens (including phenoxy) is 1. The Labute approximate surface area is 154 Å². The zero-order valence-electron chi connectivity index (χ0n) is 14.5. The highest BCUT2D eigenvalue weighted by molar-refractivity contribution is 9.10. The van der Waals surface area contributed by atoms with E-state index in [1.165, 1.54) is 9.80 Å². The molecule has 1 aromatic carbocycles. The number of piperazine rings is 1. The normalized spacial score (nSPS) is 15.3. The lowest BCUT2D eigenvalue weighted by Crippen LogP contribution is -2.53. The average molecular weight is 414 g/mol. The van der Waals surface area contributed by atoms with Crippen molar-refractivity contribution in [2.24, 2.45) is 0 Å². The molecule has 1 aliphatic heterocycles. The van der Waals surface area contributed by atoms with Gasteiger partial charge >= 0.3 is 11.8 Å². The lowest BCUT2D eigenvalue weighted by Gasteiger charge is -2.35. The average Bonchev–Trinajstić information content (AvgIpc) is 2.43. The number of aryl methyl sites for hydroxylation is 1. The first-order valence-electron chi connectivity index (χ1n) is 7.72. The van der Waals surface area contributed by atoms with Crippen molar-refractivity contribution in [2.75, 3.05) is 24.5 Å². The molecular formula is C16H20BrN3O5. The van der Waals surface area contributed by atoms with Gasteiger partial charge in [-0.2, -0.15) is 0 Å². The number of rotatable bonds is 2. The van der Waals surface area contributed by atoms with E-state index in [1.807, 2.05) is 0 Å². The fraction of sp³-hybridized carbons (Fsp3) is 0.500. The fourth-order valence-corrected chi connectivity index (χ4v) is 3.22. The molecule has 0 aromatic heterocycles. The topological polar surface area (TPSA) is 93.0 Å². The van der Waals surface area contributed by atoms with Gasteiger partial charge in [0.15, 0.2) is 0 Å². The molecule has 1 aromatic rings. The first-order chi connectivity index (χ1) is 11.5. The molecule has 0 radical (unpaired) electrons. The fourth-order valence-electron chi connectivity index (χ4n) is 2.51. The number of nitrogens with zero attached hydrogens (tertiary/aromatic N) is 3. The molecule has 1 saturated heterocycles. The third-order valence-electron chi connectivity index (χ3n) is 3.53. The van der Waals surface area contributed by atoms with Crippen molar-refractivity contribution in [2.45, 2.75) is 33.3 Å². The number of nitro groups is 1. The number of hydrogen-bond acceptors (Lipinski definition) is 5. The molecule has 0 unspecified atom stereocenters. The highest BCUT2D eigenvalue weighted by Gasteiger charge is 2.34. The SMILES string of the molecule is Cc1cc(Br)c([N+](=O)[O-])c(N2CCN(C(=O)OC(C)(C)C)CC2=O)c1. The minimum absolute atomic E-state index is 0.162. The van der Waals surface area contributed by atoms with Gasteiger partial charge in [-0.3, -0.25) is 19.8 Å². The van der Waals surface area contributed by atoms with Crippen molar-refractivity contribution < 1.29 is 19.2 Å². The van der Waals surface area contributed by atoms with Gasteiger partial charge in [-0.25, -0.2) is 4.79 Å². The Balaban J connectivity index is 2.24. The van der Waals surface area contributed by atoms with E-state index in [0.717, 1.165) is 5.56 Å². The molecule has 1 aliphatic rings. The van der Waals surface area contributed by atoms with Crippen LogP contribution in [0, 0.1) is 17.0 Å². The van der Waals surface area contributed by atoms with Crippen LogP contribution in [0.3, 0.4) is 0 Å². The standard InChI is InChI=1S/C16H20BrN3O5/c1-10-7-11(17)14(20(23)24)12(8-10)19-6-5-18(9-13(19)21)15(22)25-16(2,3)4/h7-8H,5-6,9H2,1-4H3. The maximum absolute atomic E-state index is 12.5. The van der Waals surface area contributed by atoms with Crippen LogP contribution in [0.4, 0.5) is 16.2 Å². The van der Waals surface area contributed by atoms with Crippen LogP contribution >= 0.6 is 15.9 Å². The minimum Gasteiger partial charge on any atom is -0.444 e. The summed E-state index contributed by atoms with van der Waals surface area (Å²) < 4.78 is 5.58. The summed E-state index contributed by atoms with van der Waals surface area (Å²) in [5, 5.41) is 11.4. The molecule has 0 saturated carbocycles. The van der Waals surface area contributed by atoms with Crippen molar-refractivity contribution in [1.82, 2.24) is 4.90 Å². The van der Waals surface area contributed by atoms with Crippen molar-refractivity contribution in [3.05, 3.63) is 32.3 Å². The number of halogens is 1. The largest absolute Gasteiger partial charge is 0.444 e. The van der Waals surface area contributed by atoms with Gasteiger partial charge in [0.05, 0.1) is 9.40 Å². The highest BCUT2D eigenvalue weighted by Crippen LogP contribution is 2.37. The monoisotopic (exact) mass is 413 g/mol. The predicted molar refractivity (Wildman–Crippen MR) is 95.7 cm³/mol. The van der Waals surface area contributed by atoms with Crippen LogP contribution in [-0.2, 0) is 9.53 Å². The predicted octanol–water partition coefficient (Wildman–Crippen LogP) is 3.25. The lowest BCUT2D eigenvalue weighted by molar-refractivity contribution is -0.384. The van der Waals surface area contributed by atoms with Crippen molar-refractivity contribution in [3.8, 4) is 0 Å². The molecule has 136 valence electrons. The molecule has 0 spiro atoms. The van der Waals surface area contributed by atoms with E-state index < -0.39 is 22.5 Å². The van der Waals surface area contributed by atoms with Gasteiger partial charge in [-0.15, -0.1) is 0 Å². The number of benzene rings is 1. The first kappa shape index (κ1) is 19.2. The quantitative estimate of drug-likeness (QED) is 0.547. The second-order valence-corrected chi connectivity index (χ2v) is 7.67. The molecule has 0 atom stereocenters. The van der Waals surface area contributed by atoms with Gasteiger partial charge in [-0.05, 0) is 61.3 Å². The van der Waals surface area contributed by atoms with Crippen molar-refractivity contribution >= 4 is 39.3 Å². The summed E-state index contributed by atoms with van der Waals surface area (Å²) in [4.78, 5) is 38.1. The lowest BCUT2D eigenvalue weighted by atomic mass is 10.1. The van der Waals surface area contributed by atoms with Gasteiger partial charge in [0.1, 0.15) is 17.8 Å². The number of anilines is 1. The van der Waals surface area contributed by atoms with E-state index in [2.05, 4.69) is 15.9 Å². The second kappa shape index (κ2) is 6.99. The first-order valence-corrected chi connectivity index (χ1v) is 8.51. The number of hydrogen-bond donors (Lipinski definition) is 0. The van der Waals surface area contributed by atoms with Gasteiger partial charge in [-0.1, -0.05) is 0 Å². The van der Waals surface area contributed by atoms with E-state index in [-0.39, 0.29) is 31.0 Å². The minimum atomic E-state index is -0.655. The Kier molecular flexibility index (Phi) is 5.36. The number of carbonyl (C=O) groups is 2. The zero-order chi connectivity index (χ0) is 18.9. The summed E-state index contributed by atoms with van der Waals surface area (Å²) >= 11 is 3.19. The van der Waals surface area contributed by atoms with Gasteiger partial charge in [0.25, 0.3) is 0 Å². The van der Waals surface area contributed by atoms with E-state index >= 15 is 0 Å². The molecule has 8 nitrogen and oxygen atoms in total. The van der Waals surface area contributed by atoms with Crippen LogP contribution in [0.15, 0.2) is 16.6 Å². The van der Waals surface area contributed by atoms with E-state index in [4.69, 9.17) is 4.74 Å². The Bertz CT molecular complexity index is 729. The Morgan fingerprint density at radius 3 is 2.48 bits per heavy atom. The molecule has 2 rings (SSSR count). The molecule has 2 amide bonds. The third kappa shape index (κ3) is 4.47. The summed E-state index contributed by atoms with van der Waals surface area (Å²) in [6, 6.07) is 3.23. The number of nitro benzene ring substituents is 1. The van der Waals surface area contributed by atoms with Crippen LogP contribution in [0.1, 0.15) is 26.3 Å². The number of amides is 2. The molecule has 1 fully saturated rings. The molecule has 0 aliphatic carbocycles.